The van der Waals surface area contributed by atoms with Crippen molar-refractivity contribution >= 4 is 11.4 Å². The molecule has 5 heteroatoms. The highest BCUT2D eigenvalue weighted by Crippen LogP contribution is 2.23. The van der Waals surface area contributed by atoms with E-state index in [9.17, 15) is 14.5 Å². The molecule has 0 fully saturated rings. The molecule has 1 aromatic rings. The molecule has 1 aromatic carbocycles. The Labute approximate surface area is 100.0 Å². The lowest BCUT2D eigenvalue weighted by Crippen LogP contribution is -2.25. The van der Waals surface area contributed by atoms with E-state index in [1.165, 1.54) is 6.07 Å². The zero-order valence-electron chi connectivity index (χ0n) is 10.2. The third-order valence-corrected chi connectivity index (χ3v) is 2.75. The quantitative estimate of drug-likeness (QED) is 0.632. The van der Waals surface area contributed by atoms with Gasteiger partial charge < -0.3 is 5.32 Å². The summed E-state index contributed by atoms with van der Waals surface area (Å²) in [6.07, 6.45) is 0.833. The second-order valence-corrected chi connectivity index (χ2v) is 4.32. The average Bonchev–Trinajstić information content (AvgIpc) is 2.27. The summed E-state index contributed by atoms with van der Waals surface area (Å²) in [5.74, 6) is -0.131. The highest BCUT2D eigenvalue weighted by Gasteiger charge is 2.15. The molecule has 1 rings (SSSR count). The minimum Gasteiger partial charge on any atom is -0.379 e. The van der Waals surface area contributed by atoms with Crippen LogP contribution in [0.2, 0.25) is 0 Å². The Morgan fingerprint density at radius 1 is 1.47 bits per heavy atom. The van der Waals surface area contributed by atoms with Gasteiger partial charge in [-0.3, -0.25) is 10.1 Å². The minimum absolute atomic E-state index is 0.103. The van der Waals surface area contributed by atoms with Crippen molar-refractivity contribution in [2.24, 2.45) is 5.92 Å². The Kier molecular flexibility index (Phi) is 4.43. The molecule has 0 bridgehead atoms. The topological polar surface area (TPSA) is 55.2 Å². The maximum Gasteiger partial charge on any atom is 0.271 e. The minimum atomic E-state index is -0.527. The van der Waals surface area contributed by atoms with E-state index in [0.717, 1.165) is 18.6 Å². The Bertz CT molecular complexity index is 407. The van der Waals surface area contributed by atoms with Crippen molar-refractivity contribution in [3.63, 3.8) is 0 Å². The molecule has 0 aliphatic rings. The van der Waals surface area contributed by atoms with Crippen molar-refractivity contribution in [2.45, 2.75) is 33.2 Å². The van der Waals surface area contributed by atoms with Crippen molar-refractivity contribution in [3.8, 4) is 0 Å². The van der Waals surface area contributed by atoms with Gasteiger partial charge in [-0.1, -0.05) is 20.8 Å². The van der Waals surface area contributed by atoms with Crippen molar-refractivity contribution in [1.29, 1.82) is 0 Å². The van der Waals surface area contributed by atoms with Gasteiger partial charge in [0.15, 0.2) is 0 Å². The van der Waals surface area contributed by atoms with E-state index in [0.29, 0.717) is 5.92 Å². The first-order valence-electron chi connectivity index (χ1n) is 5.66. The number of halogens is 1. The number of nitrogens with one attached hydrogen (secondary N) is 1. The van der Waals surface area contributed by atoms with Gasteiger partial charge in [-0.15, -0.1) is 0 Å². The summed E-state index contributed by atoms with van der Waals surface area (Å²) in [4.78, 5) is 10.1. The number of non-ortho nitro benzene ring substituents is 1. The van der Waals surface area contributed by atoms with Gasteiger partial charge >= 0.3 is 0 Å². The van der Waals surface area contributed by atoms with Gasteiger partial charge in [0.25, 0.3) is 5.69 Å². The molecular weight excluding hydrogens is 223 g/mol. The summed E-state index contributed by atoms with van der Waals surface area (Å²) < 4.78 is 13.5. The molecule has 94 valence electrons. The van der Waals surface area contributed by atoms with Gasteiger partial charge in [0.2, 0.25) is 0 Å². The Balaban J connectivity index is 2.96. The average molecular weight is 240 g/mol. The normalized spacial score (nSPS) is 12.5. The largest absolute Gasteiger partial charge is 0.379 e. The number of hydrogen-bond donors (Lipinski definition) is 1. The smallest absolute Gasteiger partial charge is 0.271 e. The van der Waals surface area contributed by atoms with Crippen LogP contribution in [0.4, 0.5) is 15.8 Å². The number of benzene rings is 1. The molecule has 0 heterocycles. The molecule has 1 atom stereocenters. The number of anilines is 1. The van der Waals surface area contributed by atoms with E-state index in [1.54, 1.807) is 0 Å². The van der Waals surface area contributed by atoms with E-state index in [-0.39, 0.29) is 17.4 Å². The van der Waals surface area contributed by atoms with Crippen LogP contribution in [0.15, 0.2) is 18.2 Å². The van der Waals surface area contributed by atoms with Crippen LogP contribution in [0.1, 0.15) is 27.2 Å². The lowest BCUT2D eigenvalue weighted by atomic mass is 10.0. The Hall–Kier alpha value is -1.65. The standard InChI is InChI=1S/C12H17FN2O2/c1-4-11(8(2)3)14-12-7-9(15(16)17)5-6-10(12)13/h5-8,11,14H,4H2,1-3H3. The van der Waals surface area contributed by atoms with Crippen LogP contribution in [-0.2, 0) is 0 Å². The number of nitrogens with zero attached hydrogens (tertiary/aromatic N) is 1. The molecule has 0 saturated heterocycles. The fourth-order valence-corrected chi connectivity index (χ4v) is 1.68. The number of hydrogen-bond acceptors (Lipinski definition) is 3. The summed E-state index contributed by atoms with van der Waals surface area (Å²) in [6, 6.07) is 3.62. The lowest BCUT2D eigenvalue weighted by molar-refractivity contribution is -0.384. The van der Waals surface area contributed by atoms with E-state index >= 15 is 0 Å². The third kappa shape index (κ3) is 3.41. The SMILES string of the molecule is CCC(Nc1cc([N+](=O)[O-])ccc1F)C(C)C. The number of nitro groups is 1. The number of rotatable bonds is 5. The fraction of sp³-hybridized carbons (Fsp3) is 0.500. The summed E-state index contributed by atoms with van der Waals surface area (Å²) >= 11 is 0. The summed E-state index contributed by atoms with van der Waals surface area (Å²) in [7, 11) is 0. The zero-order valence-corrected chi connectivity index (χ0v) is 10.2. The third-order valence-electron chi connectivity index (χ3n) is 2.75. The van der Waals surface area contributed by atoms with E-state index in [1.807, 2.05) is 20.8 Å². The predicted octanol–water partition coefficient (Wildman–Crippen LogP) is 3.58. The van der Waals surface area contributed by atoms with Gasteiger partial charge in [-0.25, -0.2) is 4.39 Å². The van der Waals surface area contributed by atoms with Crippen LogP contribution in [0.25, 0.3) is 0 Å². The van der Waals surface area contributed by atoms with Crippen LogP contribution >= 0.6 is 0 Å². The molecular formula is C12H17FN2O2. The van der Waals surface area contributed by atoms with E-state index in [4.69, 9.17) is 0 Å². The van der Waals surface area contributed by atoms with Gasteiger partial charge in [0, 0.05) is 18.2 Å². The molecule has 0 amide bonds. The van der Waals surface area contributed by atoms with Crippen LogP contribution in [0.5, 0.6) is 0 Å². The van der Waals surface area contributed by atoms with Crippen LogP contribution in [0, 0.1) is 21.8 Å². The maximum atomic E-state index is 13.5. The molecule has 0 aromatic heterocycles. The first-order valence-corrected chi connectivity index (χ1v) is 5.66. The molecule has 1 unspecified atom stereocenters. The molecule has 0 saturated carbocycles. The van der Waals surface area contributed by atoms with Gasteiger partial charge in [-0.05, 0) is 18.4 Å². The first-order chi connectivity index (χ1) is 7.95. The van der Waals surface area contributed by atoms with Crippen LogP contribution in [0.3, 0.4) is 0 Å². The molecule has 1 N–H and O–H groups in total. The molecule has 0 spiro atoms. The molecule has 0 radical (unpaired) electrons. The van der Waals surface area contributed by atoms with Crippen molar-refractivity contribution in [2.75, 3.05) is 5.32 Å². The zero-order chi connectivity index (χ0) is 13.0. The Morgan fingerprint density at radius 2 is 2.12 bits per heavy atom. The fourth-order valence-electron chi connectivity index (χ4n) is 1.68. The molecule has 0 aliphatic carbocycles. The number of nitro benzene ring substituents is 1. The highest BCUT2D eigenvalue weighted by atomic mass is 19.1. The van der Waals surface area contributed by atoms with Crippen LogP contribution in [-0.4, -0.2) is 11.0 Å². The molecule has 17 heavy (non-hydrogen) atoms. The first kappa shape index (κ1) is 13.4. The van der Waals surface area contributed by atoms with Gasteiger partial charge in [0.1, 0.15) is 5.82 Å². The highest BCUT2D eigenvalue weighted by molar-refractivity contribution is 5.52. The van der Waals surface area contributed by atoms with Crippen molar-refractivity contribution < 1.29 is 9.31 Å². The monoisotopic (exact) mass is 240 g/mol. The second-order valence-electron chi connectivity index (χ2n) is 4.32. The van der Waals surface area contributed by atoms with Crippen LogP contribution < -0.4 is 5.32 Å². The van der Waals surface area contributed by atoms with Crippen molar-refractivity contribution in [3.05, 3.63) is 34.1 Å². The van der Waals surface area contributed by atoms with E-state index < -0.39 is 10.7 Å². The Morgan fingerprint density at radius 3 is 2.59 bits per heavy atom. The summed E-state index contributed by atoms with van der Waals surface area (Å²) in [5.41, 5.74) is 0.0901. The second kappa shape index (κ2) is 5.61. The summed E-state index contributed by atoms with van der Waals surface area (Å²) in [6.45, 7) is 6.04. The van der Waals surface area contributed by atoms with Crippen molar-refractivity contribution in [1.82, 2.24) is 0 Å². The molecule has 4 nitrogen and oxygen atoms in total. The van der Waals surface area contributed by atoms with E-state index in [2.05, 4.69) is 5.32 Å². The predicted molar refractivity (Wildman–Crippen MR) is 65.6 cm³/mol. The molecule has 0 aliphatic heterocycles. The van der Waals surface area contributed by atoms with Gasteiger partial charge in [-0.2, -0.15) is 0 Å². The van der Waals surface area contributed by atoms with Gasteiger partial charge in [0.05, 0.1) is 10.6 Å². The summed E-state index contributed by atoms with van der Waals surface area (Å²) in [5, 5.41) is 13.6. The lowest BCUT2D eigenvalue weighted by Gasteiger charge is -2.22. The maximum absolute atomic E-state index is 13.5.